The molecule has 0 unspecified atom stereocenters. The molecule has 2 nitrogen and oxygen atoms in total. The third-order valence-corrected chi connectivity index (χ3v) is 2.43. The Bertz CT molecular complexity index is 456. The van der Waals surface area contributed by atoms with Gasteiger partial charge in [-0.2, -0.15) is 0 Å². The number of nitrogens with one attached hydrogen (secondary N) is 1. The van der Waals surface area contributed by atoms with Crippen LogP contribution in [-0.4, -0.2) is 11.8 Å². The number of carbonyl (C=O) groups is 1. The van der Waals surface area contributed by atoms with Gasteiger partial charge < -0.3 is 5.32 Å². The van der Waals surface area contributed by atoms with E-state index >= 15 is 0 Å². The topological polar surface area (TPSA) is 29.1 Å². The number of amides is 1. The van der Waals surface area contributed by atoms with Gasteiger partial charge in [-0.25, -0.2) is 0 Å². The maximum Gasteiger partial charge on any atom is 0.224 e. The first kappa shape index (κ1) is 10.1. The Kier molecular flexibility index (Phi) is 2.94. The number of hydrogen-bond donors (Lipinski definition) is 1. The van der Waals surface area contributed by atoms with E-state index in [0.717, 1.165) is 23.2 Å². The highest BCUT2D eigenvalue weighted by molar-refractivity contribution is 6.19. The average Bonchev–Trinajstić information content (AvgIpc) is 2.26. The second-order valence-corrected chi connectivity index (χ2v) is 3.62. The summed E-state index contributed by atoms with van der Waals surface area (Å²) >= 11 is 5.48. The maximum atomic E-state index is 11.1. The Balaban J connectivity index is 2.30. The van der Waals surface area contributed by atoms with Crippen molar-refractivity contribution in [2.75, 3.05) is 11.2 Å². The van der Waals surface area contributed by atoms with Crippen LogP contribution in [0.1, 0.15) is 17.5 Å². The van der Waals surface area contributed by atoms with Gasteiger partial charge in [-0.1, -0.05) is 11.8 Å². The average molecular weight is 220 g/mol. The van der Waals surface area contributed by atoms with Gasteiger partial charge in [0.25, 0.3) is 0 Å². The van der Waals surface area contributed by atoms with E-state index in [-0.39, 0.29) is 5.91 Å². The summed E-state index contributed by atoms with van der Waals surface area (Å²) < 4.78 is 0. The standard InChI is InChI=1S/C12H10ClNO/c13-7-1-2-9-3-5-11-10(8-9)4-6-12(15)14-11/h3,5,8H,4,6-7H2,(H,14,15). The molecular formula is C12H10ClNO. The van der Waals surface area contributed by atoms with Crippen LogP contribution >= 0.6 is 11.6 Å². The van der Waals surface area contributed by atoms with Crippen molar-refractivity contribution < 1.29 is 4.79 Å². The zero-order chi connectivity index (χ0) is 10.7. The smallest absolute Gasteiger partial charge is 0.224 e. The molecule has 76 valence electrons. The zero-order valence-electron chi connectivity index (χ0n) is 8.14. The number of halogens is 1. The molecular weight excluding hydrogens is 210 g/mol. The molecule has 1 amide bonds. The molecule has 1 heterocycles. The van der Waals surface area contributed by atoms with Crippen molar-refractivity contribution in [1.29, 1.82) is 0 Å². The van der Waals surface area contributed by atoms with Gasteiger partial charge in [0.15, 0.2) is 0 Å². The van der Waals surface area contributed by atoms with E-state index in [1.54, 1.807) is 0 Å². The van der Waals surface area contributed by atoms with Gasteiger partial charge in [0, 0.05) is 17.7 Å². The molecule has 1 aromatic carbocycles. The van der Waals surface area contributed by atoms with E-state index < -0.39 is 0 Å². The Hall–Kier alpha value is -1.46. The minimum absolute atomic E-state index is 0.0853. The fourth-order valence-corrected chi connectivity index (χ4v) is 1.66. The zero-order valence-corrected chi connectivity index (χ0v) is 8.90. The van der Waals surface area contributed by atoms with Crippen molar-refractivity contribution in [3.05, 3.63) is 29.3 Å². The van der Waals surface area contributed by atoms with Gasteiger partial charge >= 0.3 is 0 Å². The van der Waals surface area contributed by atoms with Gasteiger partial charge in [0.05, 0.1) is 5.88 Å². The molecule has 1 aliphatic heterocycles. The second kappa shape index (κ2) is 4.37. The van der Waals surface area contributed by atoms with Crippen LogP contribution in [0.2, 0.25) is 0 Å². The highest BCUT2D eigenvalue weighted by atomic mass is 35.5. The molecule has 0 saturated heterocycles. The highest BCUT2D eigenvalue weighted by Gasteiger charge is 2.13. The Morgan fingerprint density at radius 2 is 2.27 bits per heavy atom. The van der Waals surface area contributed by atoms with Gasteiger partial charge in [-0.05, 0) is 30.2 Å². The van der Waals surface area contributed by atoms with Crippen LogP contribution < -0.4 is 5.32 Å². The molecule has 0 bridgehead atoms. The van der Waals surface area contributed by atoms with E-state index in [9.17, 15) is 4.79 Å². The Morgan fingerprint density at radius 3 is 3.07 bits per heavy atom. The quantitative estimate of drug-likeness (QED) is 0.526. The summed E-state index contributed by atoms with van der Waals surface area (Å²) in [7, 11) is 0. The fraction of sp³-hybridized carbons (Fsp3) is 0.250. The first-order valence-corrected chi connectivity index (χ1v) is 5.30. The van der Waals surface area contributed by atoms with Gasteiger partial charge in [0.1, 0.15) is 0 Å². The van der Waals surface area contributed by atoms with Crippen LogP contribution in [-0.2, 0) is 11.2 Å². The molecule has 0 radical (unpaired) electrons. The predicted octanol–water partition coefficient (Wildman–Crippen LogP) is 2.16. The number of hydrogen-bond acceptors (Lipinski definition) is 1. The van der Waals surface area contributed by atoms with Crippen molar-refractivity contribution >= 4 is 23.2 Å². The molecule has 0 spiro atoms. The number of benzene rings is 1. The van der Waals surface area contributed by atoms with Crippen molar-refractivity contribution in [2.45, 2.75) is 12.8 Å². The SMILES string of the molecule is O=C1CCc2cc(C#CCCl)ccc2N1. The monoisotopic (exact) mass is 219 g/mol. The van der Waals surface area contributed by atoms with E-state index in [2.05, 4.69) is 17.2 Å². The molecule has 1 N–H and O–H groups in total. The molecule has 0 aromatic heterocycles. The molecule has 0 fully saturated rings. The Labute approximate surface area is 93.6 Å². The molecule has 0 aliphatic carbocycles. The van der Waals surface area contributed by atoms with Crippen molar-refractivity contribution in [1.82, 2.24) is 0 Å². The van der Waals surface area contributed by atoms with Crippen LogP contribution in [0.15, 0.2) is 18.2 Å². The highest BCUT2D eigenvalue weighted by Crippen LogP contribution is 2.23. The van der Waals surface area contributed by atoms with E-state index in [0.29, 0.717) is 12.3 Å². The van der Waals surface area contributed by atoms with Crippen LogP contribution in [0, 0.1) is 11.8 Å². The van der Waals surface area contributed by atoms with Crippen LogP contribution in [0.5, 0.6) is 0 Å². The number of carbonyl (C=O) groups excluding carboxylic acids is 1. The largest absolute Gasteiger partial charge is 0.326 e. The lowest BCUT2D eigenvalue weighted by Crippen LogP contribution is -2.18. The summed E-state index contributed by atoms with van der Waals surface area (Å²) in [5.74, 6) is 6.20. The lowest BCUT2D eigenvalue weighted by Gasteiger charge is -2.16. The first-order valence-electron chi connectivity index (χ1n) is 4.77. The van der Waals surface area contributed by atoms with Crippen molar-refractivity contribution in [3.8, 4) is 11.8 Å². The fourth-order valence-electron chi connectivity index (χ4n) is 1.60. The van der Waals surface area contributed by atoms with E-state index in [4.69, 9.17) is 11.6 Å². The summed E-state index contributed by atoms with van der Waals surface area (Å²) in [6, 6.07) is 5.79. The molecule has 3 heteroatoms. The van der Waals surface area contributed by atoms with Crippen LogP contribution in [0.25, 0.3) is 0 Å². The summed E-state index contributed by atoms with van der Waals surface area (Å²) in [4.78, 5) is 11.1. The maximum absolute atomic E-state index is 11.1. The molecule has 0 saturated carbocycles. The minimum atomic E-state index is 0.0853. The third-order valence-electron chi connectivity index (χ3n) is 2.30. The number of anilines is 1. The van der Waals surface area contributed by atoms with Gasteiger partial charge in [0.2, 0.25) is 5.91 Å². The second-order valence-electron chi connectivity index (χ2n) is 3.36. The van der Waals surface area contributed by atoms with E-state index in [1.165, 1.54) is 0 Å². The lowest BCUT2D eigenvalue weighted by atomic mass is 10.0. The third kappa shape index (κ3) is 2.31. The van der Waals surface area contributed by atoms with Crippen molar-refractivity contribution in [3.63, 3.8) is 0 Å². The number of rotatable bonds is 0. The van der Waals surface area contributed by atoms with Crippen LogP contribution in [0.3, 0.4) is 0 Å². The molecule has 1 aliphatic rings. The summed E-state index contributed by atoms with van der Waals surface area (Å²) in [5.41, 5.74) is 3.00. The minimum Gasteiger partial charge on any atom is -0.326 e. The van der Waals surface area contributed by atoms with Crippen LogP contribution in [0.4, 0.5) is 5.69 Å². The predicted molar refractivity (Wildman–Crippen MR) is 61.0 cm³/mol. The summed E-state index contributed by atoms with van der Waals surface area (Å²) in [6.07, 6.45) is 1.34. The first-order chi connectivity index (χ1) is 7.29. The number of aryl methyl sites for hydroxylation is 1. The van der Waals surface area contributed by atoms with Gasteiger partial charge in [-0.15, -0.1) is 11.6 Å². The number of fused-ring (bicyclic) bond motifs is 1. The summed E-state index contributed by atoms with van der Waals surface area (Å²) in [5, 5.41) is 2.83. The van der Waals surface area contributed by atoms with Gasteiger partial charge in [-0.3, -0.25) is 4.79 Å². The Morgan fingerprint density at radius 1 is 1.40 bits per heavy atom. The number of alkyl halides is 1. The lowest BCUT2D eigenvalue weighted by molar-refractivity contribution is -0.116. The van der Waals surface area contributed by atoms with Crippen molar-refractivity contribution in [2.24, 2.45) is 0 Å². The van der Waals surface area contributed by atoms with E-state index in [1.807, 2.05) is 18.2 Å². The molecule has 1 aromatic rings. The normalized spacial score (nSPS) is 13.5. The summed E-state index contributed by atoms with van der Waals surface area (Å²) in [6.45, 7) is 0. The molecule has 2 rings (SSSR count). The molecule has 15 heavy (non-hydrogen) atoms. The molecule has 0 atom stereocenters.